The summed E-state index contributed by atoms with van der Waals surface area (Å²) < 4.78 is 30.0. The van der Waals surface area contributed by atoms with Crippen molar-refractivity contribution in [3.8, 4) is 0 Å². The molecule has 7 heteroatoms. The molecule has 1 radical (unpaired) electrons. The number of H-pyrrole nitrogens is 1. The third-order valence-electron chi connectivity index (χ3n) is 1.61. The van der Waals surface area contributed by atoms with E-state index < -0.39 is 15.3 Å². The number of para-hydroxylation sites is 2. The Morgan fingerprint density at radius 2 is 1.93 bits per heavy atom. The molecular formula is C7H6N2NaO3S. The maximum atomic E-state index is 10.7. The van der Waals surface area contributed by atoms with E-state index in [0.29, 0.717) is 11.0 Å². The van der Waals surface area contributed by atoms with Crippen LogP contribution in [0.1, 0.15) is 0 Å². The molecule has 2 aromatic rings. The van der Waals surface area contributed by atoms with Crippen molar-refractivity contribution in [3.05, 3.63) is 24.3 Å². The van der Waals surface area contributed by atoms with Gasteiger partial charge in [-0.05, 0) is 12.1 Å². The predicted octanol–water partition coefficient (Wildman–Crippen LogP) is 0.429. The summed E-state index contributed by atoms with van der Waals surface area (Å²) in [5.74, 6) is 0. The van der Waals surface area contributed by atoms with Crippen LogP contribution in [0.25, 0.3) is 11.0 Å². The number of hydrogen-bond acceptors (Lipinski definition) is 3. The Morgan fingerprint density at radius 1 is 1.29 bits per heavy atom. The molecule has 69 valence electrons. The van der Waals surface area contributed by atoms with Crippen molar-refractivity contribution in [2.75, 3.05) is 0 Å². The maximum Gasteiger partial charge on any atom is 0.328 e. The van der Waals surface area contributed by atoms with Gasteiger partial charge in [-0.3, -0.25) is 4.55 Å². The van der Waals surface area contributed by atoms with Crippen molar-refractivity contribution >= 4 is 50.7 Å². The van der Waals surface area contributed by atoms with E-state index in [1.165, 1.54) is 0 Å². The smallest absolute Gasteiger partial charge is 0.327 e. The molecule has 0 fully saturated rings. The second kappa shape index (κ2) is 4.00. The van der Waals surface area contributed by atoms with Crippen LogP contribution in [0.15, 0.2) is 29.4 Å². The van der Waals surface area contributed by atoms with Gasteiger partial charge in [-0.25, -0.2) is 4.98 Å². The van der Waals surface area contributed by atoms with Gasteiger partial charge in [-0.1, -0.05) is 12.1 Å². The molecule has 0 spiro atoms. The number of nitrogens with one attached hydrogen (secondary N) is 1. The summed E-state index contributed by atoms with van der Waals surface area (Å²) in [4.78, 5) is 6.18. The SMILES string of the molecule is O=S(=O)(O)c1nc2ccccc2[nH]1.[Na]. The minimum absolute atomic E-state index is 0. The van der Waals surface area contributed by atoms with Crippen molar-refractivity contribution in [3.63, 3.8) is 0 Å². The molecule has 0 amide bonds. The molecule has 1 heterocycles. The minimum Gasteiger partial charge on any atom is -0.327 e. The first-order valence-corrected chi connectivity index (χ1v) is 4.93. The van der Waals surface area contributed by atoms with E-state index in [4.69, 9.17) is 4.55 Å². The van der Waals surface area contributed by atoms with Gasteiger partial charge < -0.3 is 4.98 Å². The molecule has 0 saturated carbocycles. The fraction of sp³-hybridized carbons (Fsp3) is 0. The van der Waals surface area contributed by atoms with E-state index in [2.05, 4.69) is 9.97 Å². The summed E-state index contributed by atoms with van der Waals surface area (Å²) in [6.07, 6.45) is 0. The van der Waals surface area contributed by atoms with Gasteiger partial charge in [0.1, 0.15) is 0 Å². The van der Waals surface area contributed by atoms with Crippen LogP contribution in [0, 0.1) is 0 Å². The molecule has 0 unspecified atom stereocenters. The van der Waals surface area contributed by atoms with Crippen LogP contribution < -0.4 is 0 Å². The van der Waals surface area contributed by atoms with E-state index in [1.54, 1.807) is 24.3 Å². The molecule has 0 saturated heterocycles. The summed E-state index contributed by atoms with van der Waals surface area (Å²) in [5.41, 5.74) is 1.09. The van der Waals surface area contributed by atoms with E-state index >= 15 is 0 Å². The van der Waals surface area contributed by atoms with E-state index in [9.17, 15) is 8.42 Å². The van der Waals surface area contributed by atoms with Crippen LogP contribution in [0.5, 0.6) is 0 Å². The Balaban J connectivity index is 0.000000980. The van der Waals surface area contributed by atoms with Crippen LogP contribution in [-0.2, 0) is 10.1 Å². The van der Waals surface area contributed by atoms with Crippen LogP contribution in [0.2, 0.25) is 0 Å². The average Bonchev–Trinajstić information content (AvgIpc) is 2.45. The third kappa shape index (κ3) is 2.15. The average molecular weight is 221 g/mol. The first kappa shape index (κ1) is 11.7. The quantitative estimate of drug-likeness (QED) is 0.540. The molecule has 0 bridgehead atoms. The second-order valence-electron chi connectivity index (χ2n) is 2.53. The maximum absolute atomic E-state index is 10.7. The number of aromatic nitrogens is 2. The molecule has 1 aromatic carbocycles. The Hall–Kier alpha value is -0.400. The van der Waals surface area contributed by atoms with Gasteiger partial charge in [0.25, 0.3) is 5.16 Å². The number of hydrogen-bond donors (Lipinski definition) is 2. The van der Waals surface area contributed by atoms with Crippen molar-refractivity contribution in [1.82, 2.24) is 9.97 Å². The Morgan fingerprint density at radius 3 is 2.50 bits per heavy atom. The Labute approximate surface area is 103 Å². The van der Waals surface area contributed by atoms with Crippen LogP contribution >= 0.6 is 0 Å². The second-order valence-corrected chi connectivity index (χ2v) is 3.87. The molecule has 5 nitrogen and oxygen atoms in total. The first-order chi connectivity index (χ1) is 6.07. The van der Waals surface area contributed by atoms with Crippen molar-refractivity contribution in [2.45, 2.75) is 5.16 Å². The molecule has 0 aliphatic rings. The topological polar surface area (TPSA) is 83.1 Å². The van der Waals surface area contributed by atoms with Crippen LogP contribution in [0.3, 0.4) is 0 Å². The number of imidazole rings is 1. The Kier molecular flexibility index (Phi) is 3.33. The number of benzene rings is 1. The zero-order chi connectivity index (χ0) is 9.47. The number of aromatic amines is 1. The van der Waals surface area contributed by atoms with Gasteiger partial charge >= 0.3 is 10.1 Å². The molecule has 0 aliphatic heterocycles. The molecule has 0 aliphatic carbocycles. The summed E-state index contributed by atoms with van der Waals surface area (Å²) in [5, 5.41) is -0.422. The molecule has 1 aromatic heterocycles. The zero-order valence-electron chi connectivity index (χ0n) is 7.43. The number of fused-ring (bicyclic) bond motifs is 1. The van der Waals surface area contributed by atoms with Gasteiger partial charge in [0.05, 0.1) is 11.0 Å². The summed E-state index contributed by atoms with van der Waals surface area (Å²) in [6, 6.07) is 6.81. The fourth-order valence-electron chi connectivity index (χ4n) is 1.05. The van der Waals surface area contributed by atoms with Crippen molar-refractivity contribution < 1.29 is 13.0 Å². The minimum atomic E-state index is -4.23. The third-order valence-corrected chi connectivity index (χ3v) is 2.29. The van der Waals surface area contributed by atoms with Gasteiger partial charge in [0.15, 0.2) is 0 Å². The van der Waals surface area contributed by atoms with Crippen molar-refractivity contribution in [2.24, 2.45) is 0 Å². The van der Waals surface area contributed by atoms with E-state index in [-0.39, 0.29) is 29.6 Å². The fourth-order valence-corrected chi connectivity index (χ4v) is 1.50. The molecular weight excluding hydrogens is 215 g/mol. The van der Waals surface area contributed by atoms with Gasteiger partial charge in [0, 0.05) is 29.6 Å². The number of nitrogens with zero attached hydrogens (tertiary/aromatic N) is 1. The molecule has 2 N–H and O–H groups in total. The monoisotopic (exact) mass is 221 g/mol. The van der Waals surface area contributed by atoms with Crippen LogP contribution in [0.4, 0.5) is 0 Å². The number of rotatable bonds is 1. The zero-order valence-corrected chi connectivity index (χ0v) is 10.2. The van der Waals surface area contributed by atoms with Gasteiger partial charge in [0.2, 0.25) is 0 Å². The molecule has 0 atom stereocenters. The van der Waals surface area contributed by atoms with E-state index in [1.807, 2.05) is 0 Å². The normalized spacial score (nSPS) is 11.2. The largest absolute Gasteiger partial charge is 0.328 e. The first-order valence-electron chi connectivity index (χ1n) is 3.49. The Bertz CT molecular complexity index is 516. The standard InChI is InChI=1S/C7H6N2O3S.Na/c10-13(11,12)7-8-5-3-1-2-4-6(5)9-7;/h1-4H,(H,8,9)(H,10,11,12);. The van der Waals surface area contributed by atoms with Gasteiger partial charge in [-0.2, -0.15) is 8.42 Å². The molecule has 14 heavy (non-hydrogen) atoms. The van der Waals surface area contributed by atoms with E-state index in [0.717, 1.165) is 0 Å². The van der Waals surface area contributed by atoms with Crippen molar-refractivity contribution in [1.29, 1.82) is 0 Å². The molecule has 2 rings (SSSR count). The van der Waals surface area contributed by atoms with Crippen LogP contribution in [-0.4, -0.2) is 52.5 Å². The van der Waals surface area contributed by atoms with Gasteiger partial charge in [-0.15, -0.1) is 0 Å². The summed E-state index contributed by atoms with van der Waals surface area (Å²) in [6.45, 7) is 0. The predicted molar refractivity (Wildman–Crippen MR) is 51.7 cm³/mol. The summed E-state index contributed by atoms with van der Waals surface area (Å²) in [7, 11) is -4.23. The summed E-state index contributed by atoms with van der Waals surface area (Å²) >= 11 is 0.